The molecule has 0 saturated carbocycles. The number of aromatic carboxylic acids is 1. The van der Waals surface area contributed by atoms with Gasteiger partial charge in [0.15, 0.2) is 0 Å². The Morgan fingerprint density at radius 3 is 2.41 bits per heavy atom. The Kier molecular flexibility index (Phi) is 4.93. The summed E-state index contributed by atoms with van der Waals surface area (Å²) in [4.78, 5) is 12.7. The Morgan fingerprint density at radius 2 is 2.00 bits per heavy atom. The maximum Gasteiger partial charge on any atom is 0.335 e. The van der Waals surface area contributed by atoms with E-state index in [0.717, 1.165) is 5.69 Å². The van der Waals surface area contributed by atoms with Gasteiger partial charge in [0, 0.05) is 25.3 Å². The second kappa shape index (κ2) is 6.22. The average Bonchev–Trinajstić information content (AvgIpc) is 2.35. The number of anilines is 1. The van der Waals surface area contributed by atoms with Gasteiger partial charge in [-0.05, 0) is 31.3 Å². The molecule has 0 fully saturated rings. The predicted molar refractivity (Wildman–Crippen MR) is 66.6 cm³/mol. The maximum absolute atomic E-state index is 10.7. The molecule has 0 aliphatic carbocycles. The van der Waals surface area contributed by atoms with Crippen LogP contribution in [0.5, 0.6) is 0 Å². The van der Waals surface area contributed by atoms with Gasteiger partial charge in [-0.15, -0.1) is 0 Å². The lowest BCUT2D eigenvalue weighted by Gasteiger charge is -2.24. The van der Waals surface area contributed by atoms with Crippen LogP contribution in [0, 0.1) is 0 Å². The Hall–Kier alpha value is -1.59. The number of carboxylic acids is 1. The van der Waals surface area contributed by atoms with E-state index in [9.17, 15) is 4.79 Å². The zero-order valence-corrected chi connectivity index (χ0v) is 10.1. The van der Waals surface area contributed by atoms with Crippen molar-refractivity contribution in [2.45, 2.75) is 6.04 Å². The first-order valence-corrected chi connectivity index (χ1v) is 5.41. The van der Waals surface area contributed by atoms with Crippen molar-refractivity contribution in [2.75, 3.05) is 32.1 Å². The standard InChI is InChI=1S/C12H18N2O3/c1-13-10(8-15)7-14(2)11-5-3-9(4-6-11)12(16)17/h3-6,10,13,15H,7-8H2,1-2H3,(H,16,17). The highest BCUT2D eigenvalue weighted by Gasteiger charge is 2.09. The maximum atomic E-state index is 10.7. The number of rotatable bonds is 6. The molecule has 1 atom stereocenters. The third kappa shape index (κ3) is 3.72. The van der Waals surface area contributed by atoms with Gasteiger partial charge in [-0.25, -0.2) is 4.79 Å². The highest BCUT2D eigenvalue weighted by Crippen LogP contribution is 2.14. The Labute approximate surface area is 101 Å². The number of nitrogens with zero attached hydrogens (tertiary/aromatic N) is 1. The van der Waals surface area contributed by atoms with E-state index in [1.165, 1.54) is 0 Å². The van der Waals surface area contributed by atoms with E-state index >= 15 is 0 Å². The molecule has 94 valence electrons. The fourth-order valence-corrected chi connectivity index (χ4v) is 1.53. The van der Waals surface area contributed by atoms with Crippen LogP contribution in [0.2, 0.25) is 0 Å². The first kappa shape index (κ1) is 13.5. The van der Waals surface area contributed by atoms with E-state index in [2.05, 4.69) is 5.32 Å². The average molecular weight is 238 g/mol. The van der Waals surface area contributed by atoms with Crippen molar-refractivity contribution >= 4 is 11.7 Å². The minimum Gasteiger partial charge on any atom is -0.478 e. The minimum atomic E-state index is -0.928. The molecule has 0 aliphatic rings. The molecule has 0 spiro atoms. The van der Waals surface area contributed by atoms with Crippen molar-refractivity contribution in [1.29, 1.82) is 0 Å². The summed E-state index contributed by atoms with van der Waals surface area (Å²) < 4.78 is 0. The number of likely N-dealkylation sites (N-methyl/N-ethyl adjacent to an activating group) is 2. The minimum absolute atomic E-state index is 0.000787. The number of hydrogen-bond acceptors (Lipinski definition) is 4. The number of hydrogen-bond donors (Lipinski definition) is 3. The number of benzene rings is 1. The summed E-state index contributed by atoms with van der Waals surface area (Å²) in [5.41, 5.74) is 1.19. The molecule has 1 rings (SSSR count). The van der Waals surface area contributed by atoms with Gasteiger partial charge in [0.1, 0.15) is 0 Å². The summed E-state index contributed by atoms with van der Waals surface area (Å²) in [5.74, 6) is -0.928. The Balaban J connectivity index is 2.69. The van der Waals surface area contributed by atoms with Gasteiger partial charge in [-0.1, -0.05) is 0 Å². The summed E-state index contributed by atoms with van der Waals surface area (Å²) in [6.45, 7) is 0.716. The zero-order valence-electron chi connectivity index (χ0n) is 10.1. The number of nitrogens with one attached hydrogen (secondary N) is 1. The highest BCUT2D eigenvalue weighted by atomic mass is 16.4. The molecule has 0 bridgehead atoms. The molecule has 1 aromatic rings. The van der Waals surface area contributed by atoms with E-state index in [0.29, 0.717) is 6.54 Å². The summed E-state index contributed by atoms with van der Waals surface area (Å²) in [6, 6.07) is 6.66. The van der Waals surface area contributed by atoms with Gasteiger partial charge < -0.3 is 20.4 Å². The van der Waals surface area contributed by atoms with Gasteiger partial charge in [-0.2, -0.15) is 0 Å². The number of aliphatic hydroxyl groups excluding tert-OH is 1. The van der Waals surface area contributed by atoms with E-state index in [4.69, 9.17) is 10.2 Å². The Bertz CT molecular complexity index is 361. The summed E-state index contributed by atoms with van der Waals surface area (Å²) in [7, 11) is 3.69. The van der Waals surface area contributed by atoms with Crippen LogP contribution in [-0.4, -0.2) is 49.5 Å². The van der Waals surface area contributed by atoms with Crippen LogP contribution in [0.15, 0.2) is 24.3 Å². The van der Waals surface area contributed by atoms with Gasteiger partial charge in [0.25, 0.3) is 0 Å². The zero-order chi connectivity index (χ0) is 12.8. The molecule has 0 aromatic heterocycles. The van der Waals surface area contributed by atoms with Crippen molar-refractivity contribution < 1.29 is 15.0 Å². The highest BCUT2D eigenvalue weighted by molar-refractivity contribution is 5.88. The van der Waals surface area contributed by atoms with Crippen molar-refractivity contribution in [3.8, 4) is 0 Å². The number of carboxylic acid groups (broad SMARTS) is 1. The van der Waals surface area contributed by atoms with Crippen LogP contribution in [0.4, 0.5) is 5.69 Å². The van der Waals surface area contributed by atoms with E-state index in [1.54, 1.807) is 31.3 Å². The molecule has 17 heavy (non-hydrogen) atoms. The first-order valence-electron chi connectivity index (χ1n) is 5.41. The van der Waals surface area contributed by atoms with Crippen LogP contribution in [0.1, 0.15) is 10.4 Å². The molecule has 0 heterocycles. The van der Waals surface area contributed by atoms with Gasteiger partial charge in [0.05, 0.1) is 12.2 Å². The second-order valence-electron chi connectivity index (χ2n) is 3.90. The number of carbonyl (C=O) groups is 1. The molecule has 0 radical (unpaired) electrons. The molecule has 5 nitrogen and oxygen atoms in total. The first-order chi connectivity index (χ1) is 8.08. The molecular formula is C12H18N2O3. The predicted octanol–water partition coefficient (Wildman–Crippen LogP) is 0.401. The van der Waals surface area contributed by atoms with Crippen LogP contribution in [0.25, 0.3) is 0 Å². The monoisotopic (exact) mass is 238 g/mol. The fourth-order valence-electron chi connectivity index (χ4n) is 1.53. The van der Waals surface area contributed by atoms with Crippen LogP contribution in [-0.2, 0) is 0 Å². The van der Waals surface area contributed by atoms with Crippen molar-refractivity contribution in [1.82, 2.24) is 5.32 Å². The molecule has 3 N–H and O–H groups in total. The van der Waals surface area contributed by atoms with Crippen molar-refractivity contribution in [3.05, 3.63) is 29.8 Å². The lowest BCUT2D eigenvalue weighted by Crippen LogP contribution is -2.40. The third-order valence-electron chi connectivity index (χ3n) is 2.68. The van der Waals surface area contributed by atoms with Crippen LogP contribution < -0.4 is 10.2 Å². The largest absolute Gasteiger partial charge is 0.478 e. The normalized spacial score (nSPS) is 12.2. The van der Waals surface area contributed by atoms with Crippen molar-refractivity contribution in [2.24, 2.45) is 0 Å². The van der Waals surface area contributed by atoms with Crippen molar-refractivity contribution in [3.63, 3.8) is 0 Å². The van der Waals surface area contributed by atoms with Crippen LogP contribution >= 0.6 is 0 Å². The topological polar surface area (TPSA) is 72.8 Å². The van der Waals surface area contributed by atoms with Gasteiger partial charge >= 0.3 is 5.97 Å². The van der Waals surface area contributed by atoms with E-state index in [-0.39, 0.29) is 18.2 Å². The molecule has 0 aliphatic heterocycles. The Morgan fingerprint density at radius 1 is 1.41 bits per heavy atom. The summed E-state index contributed by atoms with van der Waals surface area (Å²) in [6.07, 6.45) is 0. The smallest absolute Gasteiger partial charge is 0.335 e. The molecular weight excluding hydrogens is 220 g/mol. The quantitative estimate of drug-likeness (QED) is 0.669. The van der Waals surface area contributed by atoms with E-state index < -0.39 is 5.97 Å². The summed E-state index contributed by atoms with van der Waals surface area (Å²) >= 11 is 0. The SMILES string of the molecule is CNC(CO)CN(C)c1ccc(C(=O)O)cc1. The fraction of sp³-hybridized carbons (Fsp3) is 0.417. The lowest BCUT2D eigenvalue weighted by molar-refractivity contribution is 0.0697. The molecule has 1 unspecified atom stereocenters. The molecule has 0 amide bonds. The van der Waals surface area contributed by atoms with Gasteiger partial charge in [-0.3, -0.25) is 0 Å². The summed E-state index contributed by atoms with van der Waals surface area (Å²) in [5, 5.41) is 20.8. The molecule has 1 aromatic carbocycles. The molecule has 5 heteroatoms. The van der Waals surface area contributed by atoms with Gasteiger partial charge in [0.2, 0.25) is 0 Å². The third-order valence-corrected chi connectivity index (χ3v) is 2.68. The van der Waals surface area contributed by atoms with Crippen LogP contribution in [0.3, 0.4) is 0 Å². The second-order valence-corrected chi connectivity index (χ2v) is 3.90. The lowest BCUT2D eigenvalue weighted by atomic mass is 10.2. The molecule has 0 saturated heterocycles. The number of aliphatic hydroxyl groups is 1. The van der Waals surface area contributed by atoms with E-state index in [1.807, 2.05) is 11.9 Å².